The molecule has 3 N–H and O–H groups in total. The van der Waals surface area contributed by atoms with Crippen molar-refractivity contribution in [1.29, 1.82) is 0 Å². The molecule has 0 aromatic heterocycles. The third-order valence-corrected chi connectivity index (χ3v) is 2.96. The third-order valence-electron chi connectivity index (χ3n) is 2.08. The van der Waals surface area contributed by atoms with Crippen molar-refractivity contribution in [2.24, 2.45) is 0 Å². The van der Waals surface area contributed by atoms with Gasteiger partial charge in [-0.1, -0.05) is 27.6 Å². The number of halogens is 1. The molecule has 1 heterocycles. The number of alkyl halides is 1. The summed E-state index contributed by atoms with van der Waals surface area (Å²) in [7, 11) is 0. The first-order valence-corrected chi connectivity index (χ1v) is 6.01. The van der Waals surface area contributed by atoms with Gasteiger partial charge in [0.25, 0.3) is 0 Å². The third kappa shape index (κ3) is 5.07. The van der Waals surface area contributed by atoms with Crippen LogP contribution in [0.25, 0.3) is 0 Å². The highest BCUT2D eigenvalue weighted by Gasteiger charge is 2.03. The number of nitrogens with one attached hydrogen (secondary N) is 3. The van der Waals surface area contributed by atoms with Gasteiger partial charge >= 0.3 is 0 Å². The summed E-state index contributed by atoms with van der Waals surface area (Å²) in [5.41, 5.74) is 1.38. The minimum absolute atomic E-state index is 0.866. The lowest BCUT2D eigenvalue weighted by Gasteiger charge is -2.25. The fraction of sp³-hybridized carbons (Fsp3) is 0.778. The summed E-state index contributed by atoms with van der Waals surface area (Å²) in [5.74, 6) is 0. The quantitative estimate of drug-likeness (QED) is 0.504. The van der Waals surface area contributed by atoms with Gasteiger partial charge in [-0.15, -0.1) is 0 Å². The van der Waals surface area contributed by atoms with Gasteiger partial charge in [-0.05, 0) is 6.92 Å². The molecule has 0 aromatic rings. The van der Waals surface area contributed by atoms with Gasteiger partial charge in [-0.25, -0.2) is 0 Å². The van der Waals surface area contributed by atoms with Crippen LogP contribution < -0.4 is 16.0 Å². The van der Waals surface area contributed by atoms with Crippen LogP contribution in [0, 0.1) is 0 Å². The Morgan fingerprint density at radius 3 is 2.50 bits per heavy atom. The summed E-state index contributed by atoms with van der Waals surface area (Å²) in [6, 6.07) is 0. The van der Waals surface area contributed by atoms with Crippen LogP contribution in [0.2, 0.25) is 0 Å². The topological polar surface area (TPSA) is 39.3 Å². The van der Waals surface area contributed by atoms with E-state index in [2.05, 4.69) is 49.8 Å². The largest absolute Gasteiger partial charge is 0.292 e. The van der Waals surface area contributed by atoms with E-state index in [1.807, 2.05) is 0 Å². The van der Waals surface area contributed by atoms with E-state index in [0.717, 1.165) is 38.5 Å². The molecular formula is C9H19BrN4. The number of allylic oxidation sites excluding steroid dienone is 1. The Kier molecular flexibility index (Phi) is 6.38. The maximum Gasteiger partial charge on any atom is 0.0505 e. The van der Waals surface area contributed by atoms with Crippen LogP contribution in [-0.2, 0) is 0 Å². The molecule has 82 valence electrons. The predicted molar refractivity (Wildman–Crippen MR) is 63.1 cm³/mol. The number of nitrogens with zero attached hydrogens (tertiary/aromatic N) is 1. The summed E-state index contributed by atoms with van der Waals surface area (Å²) in [6.07, 6.45) is 2.26. The molecule has 1 rings (SSSR count). The highest BCUT2D eigenvalue weighted by atomic mass is 79.9. The fourth-order valence-corrected chi connectivity index (χ4v) is 1.42. The van der Waals surface area contributed by atoms with Crippen molar-refractivity contribution in [2.45, 2.75) is 6.92 Å². The highest BCUT2D eigenvalue weighted by molar-refractivity contribution is 9.09. The van der Waals surface area contributed by atoms with Crippen molar-refractivity contribution in [3.05, 3.63) is 11.6 Å². The molecule has 0 atom stereocenters. The first-order chi connectivity index (χ1) is 6.83. The summed E-state index contributed by atoms with van der Waals surface area (Å²) < 4.78 is 0. The Balaban J connectivity index is 2.26. The van der Waals surface area contributed by atoms with E-state index in [1.54, 1.807) is 0 Å². The van der Waals surface area contributed by atoms with Gasteiger partial charge in [-0.3, -0.25) is 20.9 Å². The minimum Gasteiger partial charge on any atom is -0.292 e. The van der Waals surface area contributed by atoms with Gasteiger partial charge in [0, 0.05) is 25.2 Å². The van der Waals surface area contributed by atoms with Crippen LogP contribution in [0.15, 0.2) is 11.6 Å². The van der Waals surface area contributed by atoms with Crippen molar-refractivity contribution in [1.82, 2.24) is 20.9 Å². The molecule has 0 saturated carbocycles. The second-order valence-electron chi connectivity index (χ2n) is 3.46. The SMILES string of the molecule is C/C(=C\CN1CNCNCNC1)CBr. The van der Waals surface area contributed by atoms with Gasteiger partial charge in [0.15, 0.2) is 0 Å². The molecule has 0 unspecified atom stereocenters. The summed E-state index contributed by atoms with van der Waals surface area (Å²) in [6.45, 7) is 6.71. The molecule has 4 nitrogen and oxygen atoms in total. The Bertz CT molecular complexity index is 176. The van der Waals surface area contributed by atoms with Gasteiger partial charge in [0.2, 0.25) is 0 Å². The Hall–Kier alpha value is 0.0600. The minimum atomic E-state index is 0.866. The van der Waals surface area contributed by atoms with Crippen LogP contribution in [0.3, 0.4) is 0 Å². The molecule has 0 radical (unpaired) electrons. The van der Waals surface area contributed by atoms with Gasteiger partial charge in [0.1, 0.15) is 0 Å². The fourth-order valence-electron chi connectivity index (χ4n) is 1.19. The first-order valence-electron chi connectivity index (χ1n) is 4.89. The van der Waals surface area contributed by atoms with Crippen molar-refractivity contribution < 1.29 is 0 Å². The Morgan fingerprint density at radius 1 is 1.29 bits per heavy atom. The first kappa shape index (κ1) is 12.1. The van der Waals surface area contributed by atoms with E-state index in [9.17, 15) is 0 Å². The number of rotatable bonds is 3. The maximum atomic E-state index is 3.44. The molecular weight excluding hydrogens is 244 g/mol. The Morgan fingerprint density at radius 2 is 1.93 bits per heavy atom. The van der Waals surface area contributed by atoms with Crippen LogP contribution in [0.4, 0.5) is 0 Å². The predicted octanol–water partition coefficient (Wildman–Crippen LogP) is 0.242. The molecule has 1 aliphatic rings. The lowest BCUT2D eigenvalue weighted by Crippen LogP contribution is -2.49. The smallest absolute Gasteiger partial charge is 0.0505 e. The highest BCUT2D eigenvalue weighted by Crippen LogP contribution is 1.98. The molecule has 1 fully saturated rings. The zero-order chi connectivity index (χ0) is 10.2. The zero-order valence-corrected chi connectivity index (χ0v) is 10.2. The van der Waals surface area contributed by atoms with Crippen LogP contribution in [0.5, 0.6) is 0 Å². The van der Waals surface area contributed by atoms with Crippen molar-refractivity contribution >= 4 is 15.9 Å². The average Bonchev–Trinajstić information content (AvgIpc) is 2.15. The molecule has 0 aromatic carbocycles. The molecule has 0 amide bonds. The van der Waals surface area contributed by atoms with Gasteiger partial charge in [-0.2, -0.15) is 0 Å². The summed E-state index contributed by atoms with van der Waals surface area (Å²) in [5, 5.41) is 10.8. The van der Waals surface area contributed by atoms with E-state index in [4.69, 9.17) is 0 Å². The molecule has 1 saturated heterocycles. The standard InChI is InChI=1S/C9H19BrN4/c1-9(4-10)2-3-14-7-12-5-11-6-13-8-14/h2,11-13H,3-8H2,1H3/b9-2+. The van der Waals surface area contributed by atoms with Crippen molar-refractivity contribution in [2.75, 3.05) is 38.5 Å². The lowest BCUT2D eigenvalue weighted by atomic mass is 10.3. The van der Waals surface area contributed by atoms with E-state index in [-0.39, 0.29) is 0 Å². The van der Waals surface area contributed by atoms with Crippen LogP contribution >= 0.6 is 15.9 Å². The van der Waals surface area contributed by atoms with Gasteiger partial charge < -0.3 is 0 Å². The maximum absolute atomic E-state index is 3.44. The molecule has 5 heteroatoms. The van der Waals surface area contributed by atoms with E-state index >= 15 is 0 Å². The number of hydrogen-bond acceptors (Lipinski definition) is 4. The van der Waals surface area contributed by atoms with Crippen molar-refractivity contribution in [3.63, 3.8) is 0 Å². The lowest BCUT2D eigenvalue weighted by molar-refractivity contribution is 0.232. The van der Waals surface area contributed by atoms with Crippen LogP contribution in [-0.4, -0.2) is 43.4 Å². The zero-order valence-electron chi connectivity index (χ0n) is 8.65. The average molecular weight is 263 g/mol. The molecule has 0 aliphatic carbocycles. The van der Waals surface area contributed by atoms with Gasteiger partial charge in [0.05, 0.1) is 13.3 Å². The van der Waals surface area contributed by atoms with E-state index in [1.165, 1.54) is 5.57 Å². The van der Waals surface area contributed by atoms with Crippen molar-refractivity contribution in [3.8, 4) is 0 Å². The molecule has 14 heavy (non-hydrogen) atoms. The summed E-state index contributed by atoms with van der Waals surface area (Å²) >= 11 is 3.44. The second-order valence-corrected chi connectivity index (χ2v) is 4.02. The normalized spacial score (nSPS) is 21.7. The Labute approximate surface area is 94.2 Å². The molecule has 1 aliphatic heterocycles. The van der Waals surface area contributed by atoms with E-state index < -0.39 is 0 Å². The second kappa shape index (κ2) is 7.36. The molecule has 0 spiro atoms. The number of hydrogen-bond donors (Lipinski definition) is 3. The van der Waals surface area contributed by atoms with E-state index in [0.29, 0.717) is 0 Å². The monoisotopic (exact) mass is 262 g/mol. The molecule has 0 bridgehead atoms. The van der Waals surface area contributed by atoms with Crippen LogP contribution in [0.1, 0.15) is 6.92 Å². The summed E-state index contributed by atoms with van der Waals surface area (Å²) in [4.78, 5) is 2.33.